The molecule has 4 heteroatoms. The lowest BCUT2D eigenvalue weighted by Crippen LogP contribution is -1.98. The summed E-state index contributed by atoms with van der Waals surface area (Å²) in [6.45, 7) is 1.96. The number of fused-ring (bicyclic) bond motifs is 1. The third-order valence-corrected chi connectivity index (χ3v) is 4.91. The van der Waals surface area contributed by atoms with Crippen molar-refractivity contribution in [3.05, 3.63) is 72.1 Å². The Morgan fingerprint density at radius 2 is 1.87 bits per heavy atom. The van der Waals surface area contributed by atoms with Gasteiger partial charge in [0, 0.05) is 16.7 Å². The van der Waals surface area contributed by atoms with Gasteiger partial charge in [0.1, 0.15) is 16.4 Å². The highest BCUT2D eigenvalue weighted by molar-refractivity contribution is 7.21. The zero-order valence-electron chi connectivity index (χ0n) is 12.8. The van der Waals surface area contributed by atoms with E-state index in [9.17, 15) is 0 Å². The molecule has 0 bridgehead atoms. The van der Waals surface area contributed by atoms with Crippen molar-refractivity contribution in [2.45, 2.75) is 19.8 Å². The normalized spacial score (nSPS) is 11.2. The van der Waals surface area contributed by atoms with Crippen molar-refractivity contribution < 1.29 is 4.42 Å². The Bertz CT molecular complexity index is 927. The molecule has 3 aromatic heterocycles. The maximum absolute atomic E-state index is 5.43. The fourth-order valence-electron chi connectivity index (χ4n) is 2.73. The number of rotatable bonds is 4. The molecule has 0 saturated heterocycles. The van der Waals surface area contributed by atoms with Crippen LogP contribution in [0.3, 0.4) is 0 Å². The summed E-state index contributed by atoms with van der Waals surface area (Å²) >= 11 is 1.73. The van der Waals surface area contributed by atoms with E-state index in [1.807, 2.05) is 25.1 Å². The van der Waals surface area contributed by atoms with E-state index in [0.717, 1.165) is 40.3 Å². The van der Waals surface area contributed by atoms with E-state index in [0.29, 0.717) is 0 Å². The fourth-order valence-corrected chi connectivity index (χ4v) is 3.83. The molecule has 0 aliphatic heterocycles. The second-order valence-electron chi connectivity index (χ2n) is 5.49. The molecule has 0 aliphatic rings. The Kier molecular flexibility index (Phi) is 3.67. The van der Waals surface area contributed by atoms with Crippen LogP contribution in [0.2, 0.25) is 0 Å². The molecular weight excluding hydrogens is 304 g/mol. The number of thiophene rings is 1. The Hall–Kier alpha value is -2.46. The molecule has 3 heterocycles. The summed E-state index contributed by atoms with van der Waals surface area (Å²) in [6.07, 6.45) is 3.43. The van der Waals surface area contributed by atoms with Crippen molar-refractivity contribution in [1.29, 1.82) is 0 Å². The van der Waals surface area contributed by atoms with Crippen LogP contribution in [0.5, 0.6) is 0 Å². The van der Waals surface area contributed by atoms with Crippen molar-refractivity contribution in [2.24, 2.45) is 0 Å². The van der Waals surface area contributed by atoms with Crippen LogP contribution in [0, 0.1) is 6.92 Å². The number of aryl methyl sites for hydroxylation is 3. The van der Waals surface area contributed by atoms with Crippen LogP contribution in [0.1, 0.15) is 17.3 Å². The van der Waals surface area contributed by atoms with Gasteiger partial charge in [-0.3, -0.25) is 0 Å². The number of hydrogen-bond donors (Lipinski definition) is 0. The number of aromatic nitrogens is 2. The highest BCUT2D eigenvalue weighted by atomic mass is 32.1. The smallest absolute Gasteiger partial charge is 0.127 e. The largest absolute Gasteiger partial charge is 0.469 e. The Labute approximate surface area is 138 Å². The lowest BCUT2D eigenvalue weighted by atomic mass is 10.1. The highest BCUT2D eigenvalue weighted by Gasteiger charge is 2.12. The lowest BCUT2D eigenvalue weighted by Gasteiger charge is -2.02. The predicted octanol–water partition coefficient (Wildman–Crippen LogP) is 5.04. The van der Waals surface area contributed by atoms with Gasteiger partial charge in [0.2, 0.25) is 0 Å². The van der Waals surface area contributed by atoms with E-state index >= 15 is 0 Å². The molecule has 114 valence electrons. The minimum atomic E-state index is 0.827. The molecular formula is C19H16N2OS. The number of benzene rings is 1. The molecule has 0 fully saturated rings. The molecule has 0 atom stereocenters. The van der Waals surface area contributed by atoms with Crippen molar-refractivity contribution in [1.82, 2.24) is 9.97 Å². The monoisotopic (exact) mass is 320 g/mol. The molecule has 0 N–H and O–H groups in total. The average Bonchev–Trinajstić information content (AvgIpc) is 3.22. The SMILES string of the molecule is Cc1nc(CCc2ccco2)c2cc(-c3ccccc3)sc2n1. The highest BCUT2D eigenvalue weighted by Crippen LogP contribution is 2.34. The number of hydrogen-bond acceptors (Lipinski definition) is 4. The molecule has 23 heavy (non-hydrogen) atoms. The van der Waals surface area contributed by atoms with E-state index in [4.69, 9.17) is 4.42 Å². The first kappa shape index (κ1) is 14.2. The summed E-state index contributed by atoms with van der Waals surface area (Å²) in [5.41, 5.74) is 2.33. The Morgan fingerprint density at radius 3 is 2.65 bits per heavy atom. The molecule has 4 aromatic rings. The molecule has 0 spiro atoms. The molecule has 1 aromatic carbocycles. The van der Waals surface area contributed by atoms with Crippen molar-refractivity contribution in [2.75, 3.05) is 0 Å². The number of nitrogens with zero attached hydrogens (tertiary/aromatic N) is 2. The van der Waals surface area contributed by atoms with Crippen LogP contribution in [-0.4, -0.2) is 9.97 Å². The van der Waals surface area contributed by atoms with Crippen LogP contribution in [0.4, 0.5) is 0 Å². The summed E-state index contributed by atoms with van der Waals surface area (Å²) in [5.74, 6) is 1.82. The molecule has 0 radical (unpaired) electrons. The second kappa shape index (κ2) is 5.97. The van der Waals surface area contributed by atoms with Crippen LogP contribution in [0.25, 0.3) is 20.7 Å². The van der Waals surface area contributed by atoms with Crippen molar-refractivity contribution >= 4 is 21.6 Å². The van der Waals surface area contributed by atoms with Crippen LogP contribution in [-0.2, 0) is 12.8 Å². The zero-order chi connectivity index (χ0) is 15.6. The summed E-state index contributed by atoms with van der Waals surface area (Å²) in [6, 6.07) is 16.6. The third kappa shape index (κ3) is 2.90. The van der Waals surface area contributed by atoms with Crippen LogP contribution in [0.15, 0.2) is 59.2 Å². The third-order valence-electron chi connectivity index (χ3n) is 3.83. The summed E-state index contributed by atoms with van der Waals surface area (Å²) in [4.78, 5) is 11.6. The van der Waals surface area contributed by atoms with E-state index < -0.39 is 0 Å². The van der Waals surface area contributed by atoms with Crippen molar-refractivity contribution in [3.8, 4) is 10.4 Å². The van der Waals surface area contributed by atoms with Crippen LogP contribution < -0.4 is 0 Å². The quantitative estimate of drug-likeness (QED) is 0.528. The summed E-state index contributed by atoms with van der Waals surface area (Å²) < 4.78 is 5.43. The van der Waals surface area contributed by atoms with Gasteiger partial charge in [-0.15, -0.1) is 11.3 Å². The standard InChI is InChI=1S/C19H16N2OS/c1-13-20-17(10-9-15-8-5-11-22-15)16-12-18(23-19(16)21-13)14-6-3-2-4-7-14/h2-8,11-12H,9-10H2,1H3. The van der Waals surface area contributed by atoms with Gasteiger partial charge in [-0.05, 0) is 37.1 Å². The molecule has 3 nitrogen and oxygen atoms in total. The molecule has 0 amide bonds. The lowest BCUT2D eigenvalue weighted by molar-refractivity contribution is 0.508. The summed E-state index contributed by atoms with van der Waals surface area (Å²) in [7, 11) is 0. The maximum Gasteiger partial charge on any atom is 0.127 e. The first-order valence-electron chi connectivity index (χ1n) is 7.64. The first-order chi connectivity index (χ1) is 11.3. The van der Waals surface area contributed by atoms with E-state index in [-0.39, 0.29) is 0 Å². The van der Waals surface area contributed by atoms with Gasteiger partial charge in [-0.1, -0.05) is 30.3 Å². The van der Waals surface area contributed by atoms with E-state index in [1.54, 1.807) is 17.6 Å². The average molecular weight is 320 g/mol. The van der Waals surface area contributed by atoms with Gasteiger partial charge in [0.25, 0.3) is 0 Å². The zero-order valence-corrected chi connectivity index (χ0v) is 13.6. The molecule has 0 aliphatic carbocycles. The molecule has 4 rings (SSSR count). The van der Waals surface area contributed by atoms with Crippen LogP contribution >= 0.6 is 11.3 Å². The number of furan rings is 1. The molecule has 0 unspecified atom stereocenters. The summed E-state index contributed by atoms with van der Waals surface area (Å²) in [5, 5.41) is 1.16. The van der Waals surface area contributed by atoms with Gasteiger partial charge >= 0.3 is 0 Å². The van der Waals surface area contributed by atoms with Gasteiger partial charge < -0.3 is 4.42 Å². The van der Waals surface area contributed by atoms with Gasteiger partial charge in [0.05, 0.1) is 12.0 Å². The predicted molar refractivity (Wildman–Crippen MR) is 93.7 cm³/mol. The Morgan fingerprint density at radius 1 is 1.00 bits per heavy atom. The first-order valence-corrected chi connectivity index (χ1v) is 8.46. The molecule has 0 saturated carbocycles. The minimum Gasteiger partial charge on any atom is -0.469 e. The van der Waals surface area contributed by atoms with Gasteiger partial charge in [-0.2, -0.15) is 0 Å². The van der Waals surface area contributed by atoms with E-state index in [1.165, 1.54) is 10.4 Å². The fraction of sp³-hybridized carbons (Fsp3) is 0.158. The van der Waals surface area contributed by atoms with Gasteiger partial charge in [0.15, 0.2) is 0 Å². The van der Waals surface area contributed by atoms with Crippen molar-refractivity contribution in [3.63, 3.8) is 0 Å². The Balaban J connectivity index is 1.73. The minimum absolute atomic E-state index is 0.827. The van der Waals surface area contributed by atoms with Gasteiger partial charge in [-0.25, -0.2) is 9.97 Å². The topological polar surface area (TPSA) is 38.9 Å². The van der Waals surface area contributed by atoms with E-state index in [2.05, 4.69) is 40.3 Å². The maximum atomic E-state index is 5.43. The second-order valence-corrected chi connectivity index (χ2v) is 6.52.